The van der Waals surface area contributed by atoms with Gasteiger partial charge in [-0.2, -0.15) is 8.75 Å². The number of aromatic nitrogens is 2. The lowest BCUT2D eigenvalue weighted by atomic mass is 10.1. The molecule has 0 aliphatic heterocycles. The molecule has 3 rings (SSSR count). The molecule has 0 radical (unpaired) electrons. The van der Waals surface area contributed by atoms with E-state index in [0.717, 1.165) is 28.3 Å². The van der Waals surface area contributed by atoms with Crippen molar-refractivity contribution in [2.75, 3.05) is 0 Å². The van der Waals surface area contributed by atoms with Crippen LogP contribution in [0.5, 0.6) is 0 Å². The highest BCUT2D eigenvalue weighted by molar-refractivity contribution is 7.00. The van der Waals surface area contributed by atoms with Crippen molar-refractivity contribution in [1.29, 1.82) is 0 Å². The molecule has 0 aliphatic carbocycles. The quantitative estimate of drug-likeness (QED) is 0.795. The highest BCUT2D eigenvalue weighted by Crippen LogP contribution is 2.13. The van der Waals surface area contributed by atoms with Gasteiger partial charge in [0.25, 0.3) is 5.91 Å². The molecular weight excluding hydrogens is 258 g/mol. The Morgan fingerprint density at radius 2 is 1.84 bits per heavy atom. The summed E-state index contributed by atoms with van der Waals surface area (Å²) < 4.78 is 8.24. The van der Waals surface area contributed by atoms with Gasteiger partial charge in [0, 0.05) is 12.1 Å². The molecule has 1 aromatic heterocycles. The van der Waals surface area contributed by atoms with Gasteiger partial charge in [-0.15, -0.1) is 0 Å². The molecule has 0 spiro atoms. The van der Waals surface area contributed by atoms with E-state index in [2.05, 4.69) is 14.1 Å². The number of fused-ring (bicyclic) bond motifs is 1. The number of hydrogen-bond donors (Lipinski definition) is 1. The van der Waals surface area contributed by atoms with E-state index in [1.165, 1.54) is 0 Å². The zero-order valence-corrected chi connectivity index (χ0v) is 10.9. The molecule has 1 N–H and O–H groups in total. The van der Waals surface area contributed by atoms with Gasteiger partial charge in [0.1, 0.15) is 11.0 Å². The average molecular weight is 269 g/mol. The van der Waals surface area contributed by atoms with E-state index in [9.17, 15) is 4.79 Å². The maximum Gasteiger partial charge on any atom is 0.251 e. The summed E-state index contributed by atoms with van der Waals surface area (Å²) in [4.78, 5) is 12.0. The molecule has 1 heterocycles. The Bertz CT molecular complexity index is 709. The van der Waals surface area contributed by atoms with Gasteiger partial charge >= 0.3 is 0 Å². The molecule has 2 aromatic carbocycles. The van der Waals surface area contributed by atoms with Gasteiger partial charge in [-0.25, -0.2) is 0 Å². The Kier molecular flexibility index (Phi) is 3.20. The number of hydrogen-bond acceptors (Lipinski definition) is 4. The van der Waals surface area contributed by atoms with E-state index in [-0.39, 0.29) is 5.91 Å². The number of nitrogens with one attached hydrogen (secondary N) is 1. The van der Waals surface area contributed by atoms with Gasteiger partial charge in [0.15, 0.2) is 0 Å². The fourth-order valence-electron chi connectivity index (χ4n) is 1.80. The van der Waals surface area contributed by atoms with Crippen LogP contribution < -0.4 is 5.32 Å². The largest absolute Gasteiger partial charge is 0.348 e. The van der Waals surface area contributed by atoms with Gasteiger partial charge in [-0.1, -0.05) is 30.3 Å². The third-order valence-corrected chi connectivity index (χ3v) is 3.37. The highest BCUT2D eigenvalue weighted by Gasteiger charge is 2.07. The standard InChI is InChI=1S/C14H11N3OS/c18-14(15-9-10-4-2-1-3-5-10)11-6-7-12-13(8-11)17-19-16-12/h1-8H,9H2,(H,15,18). The molecule has 0 saturated heterocycles. The Labute approximate surface area is 114 Å². The van der Waals surface area contributed by atoms with Crippen molar-refractivity contribution < 1.29 is 4.79 Å². The summed E-state index contributed by atoms with van der Waals surface area (Å²) in [5.41, 5.74) is 3.27. The van der Waals surface area contributed by atoms with Crippen LogP contribution in [0, 0.1) is 0 Å². The Morgan fingerprint density at radius 3 is 2.68 bits per heavy atom. The van der Waals surface area contributed by atoms with Crippen LogP contribution in [0.4, 0.5) is 0 Å². The number of rotatable bonds is 3. The van der Waals surface area contributed by atoms with Crippen LogP contribution in [0.2, 0.25) is 0 Å². The summed E-state index contributed by atoms with van der Waals surface area (Å²) in [5.74, 6) is -0.0984. The van der Waals surface area contributed by atoms with E-state index in [0.29, 0.717) is 12.1 Å². The SMILES string of the molecule is O=C(NCc1ccccc1)c1ccc2nsnc2c1. The number of carbonyl (C=O) groups excluding carboxylic acids is 1. The first-order valence-corrected chi connectivity index (χ1v) is 6.60. The minimum atomic E-state index is -0.0984. The summed E-state index contributed by atoms with van der Waals surface area (Å²) in [7, 11) is 0. The third kappa shape index (κ3) is 2.61. The van der Waals surface area contributed by atoms with Crippen LogP contribution in [0.15, 0.2) is 48.5 Å². The summed E-state index contributed by atoms with van der Waals surface area (Å²) in [6.45, 7) is 0.521. The predicted octanol–water partition coefficient (Wildman–Crippen LogP) is 2.62. The van der Waals surface area contributed by atoms with Crippen molar-refractivity contribution >= 4 is 28.7 Å². The van der Waals surface area contributed by atoms with Crippen molar-refractivity contribution in [2.24, 2.45) is 0 Å². The molecule has 0 bridgehead atoms. The van der Waals surface area contributed by atoms with E-state index in [1.807, 2.05) is 36.4 Å². The molecule has 0 unspecified atom stereocenters. The normalized spacial score (nSPS) is 10.5. The lowest BCUT2D eigenvalue weighted by Crippen LogP contribution is -2.22. The van der Waals surface area contributed by atoms with Crippen LogP contribution in [0.1, 0.15) is 15.9 Å². The topological polar surface area (TPSA) is 54.9 Å². The van der Waals surface area contributed by atoms with Crippen molar-refractivity contribution in [3.8, 4) is 0 Å². The van der Waals surface area contributed by atoms with E-state index in [4.69, 9.17) is 0 Å². The first-order valence-electron chi connectivity index (χ1n) is 5.87. The predicted molar refractivity (Wildman–Crippen MR) is 75.0 cm³/mol. The highest BCUT2D eigenvalue weighted by atomic mass is 32.1. The zero-order chi connectivity index (χ0) is 13.1. The number of nitrogens with zero attached hydrogens (tertiary/aromatic N) is 2. The van der Waals surface area contributed by atoms with Crippen LogP contribution in [0.25, 0.3) is 11.0 Å². The Morgan fingerprint density at radius 1 is 1.05 bits per heavy atom. The van der Waals surface area contributed by atoms with E-state index < -0.39 is 0 Å². The molecule has 3 aromatic rings. The van der Waals surface area contributed by atoms with E-state index >= 15 is 0 Å². The first kappa shape index (κ1) is 11.8. The second-order valence-corrected chi connectivity index (χ2v) is 4.66. The monoisotopic (exact) mass is 269 g/mol. The lowest BCUT2D eigenvalue weighted by Gasteiger charge is -2.05. The van der Waals surface area contributed by atoms with Crippen molar-refractivity contribution in [3.63, 3.8) is 0 Å². The minimum Gasteiger partial charge on any atom is -0.348 e. The van der Waals surface area contributed by atoms with Gasteiger partial charge in [-0.05, 0) is 23.8 Å². The molecule has 0 aliphatic rings. The van der Waals surface area contributed by atoms with E-state index in [1.54, 1.807) is 12.1 Å². The molecule has 94 valence electrons. The summed E-state index contributed by atoms with van der Waals surface area (Å²) in [6, 6.07) is 15.2. The smallest absolute Gasteiger partial charge is 0.251 e. The van der Waals surface area contributed by atoms with Gasteiger partial charge in [0.05, 0.1) is 11.7 Å². The van der Waals surface area contributed by atoms with Crippen LogP contribution in [-0.4, -0.2) is 14.7 Å². The van der Waals surface area contributed by atoms with Gasteiger partial charge in [0.2, 0.25) is 0 Å². The zero-order valence-electron chi connectivity index (χ0n) is 10.0. The minimum absolute atomic E-state index is 0.0984. The third-order valence-electron chi connectivity index (χ3n) is 2.81. The van der Waals surface area contributed by atoms with Crippen LogP contribution in [-0.2, 0) is 6.54 Å². The molecule has 1 amide bonds. The Hall–Kier alpha value is -2.27. The van der Waals surface area contributed by atoms with Crippen LogP contribution >= 0.6 is 11.7 Å². The fraction of sp³-hybridized carbons (Fsp3) is 0.0714. The first-order chi connectivity index (χ1) is 9.33. The van der Waals surface area contributed by atoms with Crippen molar-refractivity contribution in [3.05, 3.63) is 59.7 Å². The Balaban J connectivity index is 1.73. The maximum atomic E-state index is 12.0. The second kappa shape index (κ2) is 5.16. The summed E-state index contributed by atoms with van der Waals surface area (Å²) >= 11 is 1.15. The number of amides is 1. The summed E-state index contributed by atoms with van der Waals surface area (Å²) in [6.07, 6.45) is 0. The maximum absolute atomic E-state index is 12.0. The lowest BCUT2D eigenvalue weighted by molar-refractivity contribution is 0.0951. The molecular formula is C14H11N3OS. The average Bonchev–Trinajstić information content (AvgIpc) is 2.93. The second-order valence-electron chi connectivity index (χ2n) is 4.14. The molecule has 0 atom stereocenters. The van der Waals surface area contributed by atoms with Crippen LogP contribution in [0.3, 0.4) is 0 Å². The summed E-state index contributed by atoms with van der Waals surface area (Å²) in [5, 5.41) is 2.89. The molecule has 0 fully saturated rings. The van der Waals surface area contributed by atoms with Crippen molar-refractivity contribution in [1.82, 2.24) is 14.1 Å². The molecule has 5 heteroatoms. The molecule has 0 saturated carbocycles. The fourth-order valence-corrected chi connectivity index (χ4v) is 2.32. The van der Waals surface area contributed by atoms with Gasteiger partial charge < -0.3 is 5.32 Å². The number of benzene rings is 2. The number of carbonyl (C=O) groups is 1. The van der Waals surface area contributed by atoms with Gasteiger partial charge in [-0.3, -0.25) is 4.79 Å². The molecule has 4 nitrogen and oxygen atoms in total. The molecule has 19 heavy (non-hydrogen) atoms. The van der Waals surface area contributed by atoms with Crippen molar-refractivity contribution in [2.45, 2.75) is 6.54 Å².